The van der Waals surface area contributed by atoms with E-state index >= 15 is 0 Å². The molecule has 3 N–H and O–H groups in total. The third-order valence-electron chi connectivity index (χ3n) is 2.27. The van der Waals surface area contributed by atoms with Crippen LogP contribution in [0.3, 0.4) is 0 Å². The zero-order chi connectivity index (χ0) is 13.0. The van der Waals surface area contributed by atoms with Crippen molar-refractivity contribution >= 4 is 29.2 Å². The van der Waals surface area contributed by atoms with Crippen LogP contribution < -0.4 is 10.6 Å². The molecule has 0 aliphatic heterocycles. The second-order valence-corrected chi connectivity index (χ2v) is 3.87. The van der Waals surface area contributed by atoms with Crippen LogP contribution in [0.1, 0.15) is 17.3 Å². The molecular weight excluding hydrogens is 244 g/mol. The molecular formula is C11H13ClN2O3. The molecule has 1 amide bonds. The van der Waals surface area contributed by atoms with E-state index in [0.717, 1.165) is 0 Å². The molecule has 0 saturated heterocycles. The summed E-state index contributed by atoms with van der Waals surface area (Å²) in [6.45, 7) is 2.01. The van der Waals surface area contributed by atoms with Crippen molar-refractivity contribution in [2.45, 2.75) is 6.92 Å². The number of hydrogen-bond acceptors (Lipinski definition) is 3. The van der Waals surface area contributed by atoms with Gasteiger partial charge in [-0.05, 0) is 25.1 Å². The Kier molecular flexibility index (Phi) is 4.34. The van der Waals surface area contributed by atoms with Crippen LogP contribution in [0.2, 0.25) is 5.02 Å². The third kappa shape index (κ3) is 3.35. The number of carboxylic acid groups (broad SMARTS) is 1. The molecule has 0 spiro atoms. The molecule has 1 aromatic rings. The van der Waals surface area contributed by atoms with Crippen LogP contribution in [0.15, 0.2) is 18.2 Å². The van der Waals surface area contributed by atoms with Gasteiger partial charge in [0.05, 0.1) is 11.3 Å². The first-order valence-electron chi connectivity index (χ1n) is 5.01. The Morgan fingerprint density at radius 3 is 2.59 bits per heavy atom. The Bertz CT molecular complexity index is 448. The molecule has 92 valence electrons. The van der Waals surface area contributed by atoms with Gasteiger partial charge in [0, 0.05) is 11.6 Å². The Labute approximate surface area is 104 Å². The minimum atomic E-state index is -0.984. The number of carboxylic acids is 1. The smallest absolute Gasteiger partial charge is 0.323 e. The van der Waals surface area contributed by atoms with Gasteiger partial charge in [-0.15, -0.1) is 0 Å². The number of aliphatic carboxylic acids is 1. The van der Waals surface area contributed by atoms with Crippen LogP contribution in [0, 0.1) is 0 Å². The summed E-state index contributed by atoms with van der Waals surface area (Å²) < 4.78 is 0. The zero-order valence-electron chi connectivity index (χ0n) is 9.31. The summed E-state index contributed by atoms with van der Waals surface area (Å²) in [4.78, 5) is 23.5. The minimum Gasteiger partial charge on any atom is -0.480 e. The van der Waals surface area contributed by atoms with E-state index in [1.54, 1.807) is 13.0 Å². The summed E-state index contributed by atoms with van der Waals surface area (Å²) >= 11 is 5.83. The fourth-order valence-corrected chi connectivity index (χ4v) is 1.67. The van der Waals surface area contributed by atoms with Crippen LogP contribution in [-0.2, 0) is 4.79 Å². The highest BCUT2D eigenvalue weighted by molar-refractivity contribution is 6.31. The third-order valence-corrected chi connectivity index (χ3v) is 2.51. The molecule has 0 radical (unpaired) electrons. The predicted octanol–water partition coefficient (Wildman–Crippen LogP) is 1.35. The molecule has 0 unspecified atom stereocenters. The van der Waals surface area contributed by atoms with Crippen molar-refractivity contribution in [2.24, 2.45) is 5.73 Å². The van der Waals surface area contributed by atoms with Crippen molar-refractivity contribution in [2.75, 3.05) is 18.0 Å². The highest BCUT2D eigenvalue weighted by atomic mass is 35.5. The summed E-state index contributed by atoms with van der Waals surface area (Å²) in [6.07, 6.45) is 0. The number of halogens is 1. The lowest BCUT2D eigenvalue weighted by Crippen LogP contribution is -2.31. The number of amides is 1. The maximum absolute atomic E-state index is 11.2. The average Bonchev–Trinajstić information content (AvgIpc) is 2.25. The van der Waals surface area contributed by atoms with E-state index in [9.17, 15) is 9.59 Å². The second kappa shape index (κ2) is 5.54. The van der Waals surface area contributed by atoms with E-state index < -0.39 is 11.9 Å². The van der Waals surface area contributed by atoms with Crippen LogP contribution in [-0.4, -0.2) is 30.1 Å². The van der Waals surface area contributed by atoms with Crippen molar-refractivity contribution in [3.8, 4) is 0 Å². The van der Waals surface area contributed by atoms with E-state index in [1.165, 1.54) is 17.0 Å². The number of carbonyl (C=O) groups excluding carboxylic acids is 1. The number of benzene rings is 1. The molecule has 1 aromatic carbocycles. The first kappa shape index (κ1) is 13.3. The van der Waals surface area contributed by atoms with E-state index in [0.29, 0.717) is 17.3 Å². The van der Waals surface area contributed by atoms with E-state index in [4.69, 9.17) is 22.4 Å². The molecule has 0 atom stereocenters. The van der Waals surface area contributed by atoms with Gasteiger partial charge in [-0.2, -0.15) is 0 Å². The molecule has 0 saturated carbocycles. The zero-order valence-corrected chi connectivity index (χ0v) is 10.1. The second-order valence-electron chi connectivity index (χ2n) is 3.43. The van der Waals surface area contributed by atoms with Gasteiger partial charge < -0.3 is 15.7 Å². The van der Waals surface area contributed by atoms with Crippen molar-refractivity contribution < 1.29 is 14.7 Å². The summed E-state index contributed by atoms with van der Waals surface area (Å²) in [5.74, 6) is -1.59. The Morgan fingerprint density at radius 2 is 2.12 bits per heavy atom. The van der Waals surface area contributed by atoms with Gasteiger partial charge in [0.2, 0.25) is 0 Å². The number of carbonyl (C=O) groups is 2. The first-order chi connectivity index (χ1) is 7.95. The number of hydrogen-bond donors (Lipinski definition) is 2. The quantitative estimate of drug-likeness (QED) is 0.833. The molecule has 1 rings (SSSR count). The topological polar surface area (TPSA) is 83.6 Å². The molecule has 0 aromatic heterocycles. The monoisotopic (exact) mass is 256 g/mol. The fourth-order valence-electron chi connectivity index (χ4n) is 1.51. The molecule has 0 bridgehead atoms. The Hall–Kier alpha value is -1.75. The standard InChI is InChI=1S/C11H13ClN2O3/c1-2-14(6-10(15)16)9-5-7(12)3-4-8(9)11(13)17/h3-5H,2,6H2,1H3,(H2,13,17)(H,15,16). The molecule has 0 aliphatic rings. The van der Waals surface area contributed by atoms with Gasteiger partial charge in [0.15, 0.2) is 0 Å². The number of likely N-dealkylation sites (N-methyl/N-ethyl adjacent to an activating group) is 1. The van der Waals surface area contributed by atoms with E-state index in [2.05, 4.69) is 0 Å². The minimum absolute atomic E-state index is 0.211. The van der Waals surface area contributed by atoms with Gasteiger partial charge in [0.25, 0.3) is 5.91 Å². The maximum Gasteiger partial charge on any atom is 0.323 e. The average molecular weight is 257 g/mol. The van der Waals surface area contributed by atoms with Crippen molar-refractivity contribution in [3.05, 3.63) is 28.8 Å². The molecule has 0 fully saturated rings. The summed E-state index contributed by atoms with van der Waals surface area (Å²) in [6, 6.07) is 4.57. The van der Waals surface area contributed by atoms with Crippen LogP contribution in [0.25, 0.3) is 0 Å². The van der Waals surface area contributed by atoms with Crippen molar-refractivity contribution in [1.29, 1.82) is 0 Å². The number of primary amides is 1. The lowest BCUT2D eigenvalue weighted by atomic mass is 10.1. The fraction of sp³-hybridized carbons (Fsp3) is 0.273. The highest BCUT2D eigenvalue weighted by Gasteiger charge is 2.16. The molecule has 5 nitrogen and oxygen atoms in total. The van der Waals surface area contributed by atoms with Gasteiger partial charge in [-0.1, -0.05) is 11.6 Å². The van der Waals surface area contributed by atoms with Gasteiger partial charge in [0.1, 0.15) is 6.54 Å². The van der Waals surface area contributed by atoms with Crippen LogP contribution >= 0.6 is 11.6 Å². The lowest BCUT2D eigenvalue weighted by Gasteiger charge is -2.23. The first-order valence-corrected chi connectivity index (χ1v) is 5.39. The van der Waals surface area contributed by atoms with Crippen molar-refractivity contribution in [3.63, 3.8) is 0 Å². The van der Waals surface area contributed by atoms with Gasteiger partial charge in [-0.3, -0.25) is 9.59 Å². The number of anilines is 1. The predicted molar refractivity (Wildman–Crippen MR) is 65.5 cm³/mol. The largest absolute Gasteiger partial charge is 0.480 e. The van der Waals surface area contributed by atoms with E-state index in [1.807, 2.05) is 0 Å². The maximum atomic E-state index is 11.2. The lowest BCUT2D eigenvalue weighted by molar-refractivity contribution is -0.135. The molecule has 0 heterocycles. The van der Waals surface area contributed by atoms with Crippen LogP contribution in [0.5, 0.6) is 0 Å². The Morgan fingerprint density at radius 1 is 1.47 bits per heavy atom. The summed E-state index contributed by atoms with van der Waals surface area (Å²) in [5, 5.41) is 9.21. The number of rotatable bonds is 5. The number of nitrogens with two attached hydrogens (primary N) is 1. The number of nitrogens with zero attached hydrogens (tertiary/aromatic N) is 1. The summed E-state index contributed by atoms with van der Waals surface area (Å²) in [5.41, 5.74) is 5.93. The van der Waals surface area contributed by atoms with Gasteiger partial charge in [-0.25, -0.2) is 0 Å². The summed E-state index contributed by atoms with van der Waals surface area (Å²) in [7, 11) is 0. The van der Waals surface area contributed by atoms with Crippen molar-refractivity contribution in [1.82, 2.24) is 0 Å². The molecule has 17 heavy (non-hydrogen) atoms. The van der Waals surface area contributed by atoms with E-state index in [-0.39, 0.29) is 12.1 Å². The molecule has 0 aliphatic carbocycles. The Balaban J connectivity index is 3.20. The van der Waals surface area contributed by atoms with Crippen LogP contribution in [0.4, 0.5) is 5.69 Å². The van der Waals surface area contributed by atoms with Gasteiger partial charge >= 0.3 is 5.97 Å². The highest BCUT2D eigenvalue weighted by Crippen LogP contribution is 2.24. The normalized spacial score (nSPS) is 10.0. The SMILES string of the molecule is CCN(CC(=O)O)c1cc(Cl)ccc1C(N)=O. The molecule has 6 heteroatoms.